The second kappa shape index (κ2) is 3.79. The first-order valence-corrected chi connectivity index (χ1v) is 4.86. The van der Waals surface area contributed by atoms with Crippen molar-refractivity contribution in [3.8, 4) is 0 Å². The number of benzene rings is 1. The second-order valence-electron chi connectivity index (χ2n) is 3.68. The van der Waals surface area contributed by atoms with Gasteiger partial charge in [-0.05, 0) is 25.0 Å². The number of allylic oxidation sites excluding steroid dienone is 4. The van der Waals surface area contributed by atoms with Crippen LogP contribution in [0.5, 0.6) is 0 Å². The molecule has 1 aromatic rings. The molecule has 0 amide bonds. The average Bonchev–Trinajstić information content (AvgIpc) is 2.20. The van der Waals surface area contributed by atoms with E-state index in [1.807, 2.05) is 37.3 Å². The Balaban J connectivity index is 2.27. The van der Waals surface area contributed by atoms with Crippen LogP contribution in [0.1, 0.15) is 23.5 Å². The molecule has 1 unspecified atom stereocenters. The Kier molecular flexibility index (Phi) is 2.49. The van der Waals surface area contributed by atoms with Crippen LogP contribution in [-0.2, 0) is 0 Å². The second-order valence-corrected chi connectivity index (χ2v) is 3.68. The van der Waals surface area contributed by atoms with Crippen LogP contribution in [0.15, 0.2) is 48.3 Å². The van der Waals surface area contributed by atoms with Crippen molar-refractivity contribution in [1.29, 1.82) is 0 Å². The van der Waals surface area contributed by atoms with Crippen LogP contribution in [0.3, 0.4) is 0 Å². The monoisotopic (exact) mass is 188 g/mol. The van der Waals surface area contributed by atoms with Crippen LogP contribution in [0.25, 0.3) is 0 Å². The lowest BCUT2D eigenvalue weighted by atomic mass is 9.91. The van der Waals surface area contributed by atoms with Crippen molar-refractivity contribution in [1.82, 2.24) is 0 Å². The van der Waals surface area contributed by atoms with E-state index in [-0.39, 0.29) is 11.7 Å². The Morgan fingerprint density at radius 2 is 1.93 bits per heavy atom. The van der Waals surface area contributed by atoms with Crippen molar-refractivity contribution in [3.63, 3.8) is 0 Å². The number of hydrogen-bond acceptors (Lipinski definition) is 0. The van der Waals surface area contributed by atoms with Crippen molar-refractivity contribution in [2.75, 3.05) is 0 Å². The summed E-state index contributed by atoms with van der Waals surface area (Å²) in [6.07, 6.45) is 6.10. The third kappa shape index (κ3) is 1.77. The fourth-order valence-electron chi connectivity index (χ4n) is 1.70. The average molecular weight is 188 g/mol. The molecule has 0 bridgehead atoms. The lowest BCUT2D eigenvalue weighted by Crippen LogP contribution is -2.00. The van der Waals surface area contributed by atoms with Crippen LogP contribution in [-0.4, -0.2) is 0 Å². The molecular weight excluding hydrogens is 175 g/mol. The molecule has 0 saturated heterocycles. The Morgan fingerprint density at radius 1 is 1.21 bits per heavy atom. The number of rotatable bonds is 1. The van der Waals surface area contributed by atoms with Crippen LogP contribution in [0.2, 0.25) is 0 Å². The molecule has 1 atom stereocenters. The van der Waals surface area contributed by atoms with Gasteiger partial charge in [0, 0.05) is 5.92 Å². The van der Waals surface area contributed by atoms with Gasteiger partial charge in [-0.1, -0.05) is 42.0 Å². The van der Waals surface area contributed by atoms with E-state index in [0.717, 1.165) is 12.0 Å². The topological polar surface area (TPSA) is 0 Å². The molecule has 0 radical (unpaired) electrons. The van der Waals surface area contributed by atoms with Gasteiger partial charge in [-0.25, -0.2) is 4.39 Å². The Morgan fingerprint density at radius 3 is 2.57 bits per heavy atom. The lowest BCUT2D eigenvalue weighted by Gasteiger charge is -2.16. The van der Waals surface area contributed by atoms with E-state index < -0.39 is 0 Å². The van der Waals surface area contributed by atoms with Gasteiger partial charge >= 0.3 is 0 Å². The summed E-state index contributed by atoms with van der Waals surface area (Å²) in [5.74, 6) is -0.100. The van der Waals surface area contributed by atoms with Gasteiger partial charge in [0.25, 0.3) is 0 Å². The summed E-state index contributed by atoms with van der Waals surface area (Å²) in [7, 11) is 0. The molecule has 0 N–H and O–H groups in total. The van der Waals surface area contributed by atoms with Gasteiger partial charge in [-0.3, -0.25) is 0 Å². The zero-order chi connectivity index (χ0) is 9.97. The van der Waals surface area contributed by atoms with E-state index in [9.17, 15) is 4.39 Å². The number of halogens is 1. The third-order valence-corrected chi connectivity index (χ3v) is 2.58. The molecule has 1 aliphatic carbocycles. The molecule has 1 heteroatoms. The Labute approximate surface area is 83.8 Å². The minimum atomic E-state index is -0.0689. The molecule has 1 aliphatic rings. The maximum atomic E-state index is 13.4. The third-order valence-electron chi connectivity index (χ3n) is 2.58. The molecule has 0 fully saturated rings. The van der Waals surface area contributed by atoms with Crippen molar-refractivity contribution < 1.29 is 4.39 Å². The Hall–Kier alpha value is -1.37. The van der Waals surface area contributed by atoms with Gasteiger partial charge in [0.05, 0.1) is 0 Å². The summed E-state index contributed by atoms with van der Waals surface area (Å²) >= 11 is 0. The van der Waals surface area contributed by atoms with Gasteiger partial charge < -0.3 is 0 Å². The summed E-state index contributed by atoms with van der Waals surface area (Å²) in [4.78, 5) is 0. The van der Waals surface area contributed by atoms with Gasteiger partial charge in [-0.2, -0.15) is 0 Å². The van der Waals surface area contributed by atoms with E-state index >= 15 is 0 Å². The van der Waals surface area contributed by atoms with Crippen molar-refractivity contribution in [3.05, 3.63) is 59.4 Å². The zero-order valence-corrected chi connectivity index (χ0v) is 8.20. The highest BCUT2D eigenvalue weighted by Gasteiger charge is 2.16. The lowest BCUT2D eigenvalue weighted by molar-refractivity contribution is 0.541. The highest BCUT2D eigenvalue weighted by Crippen LogP contribution is 2.31. The molecule has 0 saturated carbocycles. The van der Waals surface area contributed by atoms with E-state index in [1.54, 1.807) is 12.2 Å². The summed E-state index contributed by atoms with van der Waals surface area (Å²) in [5, 5.41) is 0. The maximum absolute atomic E-state index is 13.4. The highest BCUT2D eigenvalue weighted by molar-refractivity contribution is 5.33. The fourth-order valence-corrected chi connectivity index (χ4v) is 1.70. The molecule has 0 aliphatic heterocycles. The van der Waals surface area contributed by atoms with Crippen LogP contribution >= 0.6 is 0 Å². The smallest absolute Gasteiger partial charge is 0.108 e. The van der Waals surface area contributed by atoms with E-state index in [4.69, 9.17) is 0 Å². The Bertz CT molecular complexity index is 371. The van der Waals surface area contributed by atoms with Crippen molar-refractivity contribution in [2.45, 2.75) is 19.3 Å². The van der Waals surface area contributed by atoms with E-state index in [0.29, 0.717) is 0 Å². The predicted molar refractivity (Wildman–Crippen MR) is 56.9 cm³/mol. The normalized spacial score (nSPS) is 20.7. The zero-order valence-electron chi connectivity index (χ0n) is 8.20. The summed E-state index contributed by atoms with van der Waals surface area (Å²) < 4.78 is 13.4. The SMILES string of the molecule is Cc1ccc(C2CC=CC=C2F)cc1. The van der Waals surface area contributed by atoms with Crippen LogP contribution in [0, 0.1) is 6.92 Å². The van der Waals surface area contributed by atoms with Crippen LogP contribution < -0.4 is 0 Å². The number of hydrogen-bond donors (Lipinski definition) is 0. The van der Waals surface area contributed by atoms with Crippen LogP contribution in [0.4, 0.5) is 4.39 Å². The van der Waals surface area contributed by atoms with Gasteiger partial charge in [-0.15, -0.1) is 0 Å². The minimum absolute atomic E-state index is 0.0312. The van der Waals surface area contributed by atoms with Gasteiger partial charge in [0.15, 0.2) is 0 Å². The van der Waals surface area contributed by atoms with Crippen molar-refractivity contribution >= 4 is 0 Å². The largest absolute Gasteiger partial charge is 0.211 e. The first-order chi connectivity index (χ1) is 6.77. The standard InChI is InChI=1S/C13H13F/c1-10-6-8-11(9-7-10)12-4-2-3-5-13(12)14/h2-3,5-9,12H,4H2,1H3. The predicted octanol–water partition coefficient (Wildman–Crippen LogP) is 3.89. The first kappa shape index (κ1) is 9.20. The summed E-state index contributed by atoms with van der Waals surface area (Å²) in [6.45, 7) is 2.04. The molecule has 0 aromatic heterocycles. The summed E-state index contributed by atoms with van der Waals surface area (Å²) in [6, 6.07) is 8.07. The van der Waals surface area contributed by atoms with E-state index in [2.05, 4.69) is 0 Å². The van der Waals surface area contributed by atoms with Gasteiger partial charge in [0.2, 0.25) is 0 Å². The molecule has 2 rings (SSSR count). The molecule has 1 aromatic carbocycles. The molecule has 0 nitrogen and oxygen atoms in total. The molecular formula is C13H13F. The highest BCUT2D eigenvalue weighted by atomic mass is 19.1. The molecule has 72 valence electrons. The maximum Gasteiger partial charge on any atom is 0.108 e. The molecule has 0 heterocycles. The van der Waals surface area contributed by atoms with Crippen molar-refractivity contribution in [2.24, 2.45) is 0 Å². The number of aryl methyl sites for hydroxylation is 1. The quantitative estimate of drug-likeness (QED) is 0.627. The molecule has 14 heavy (non-hydrogen) atoms. The first-order valence-electron chi connectivity index (χ1n) is 4.86. The summed E-state index contributed by atoms with van der Waals surface area (Å²) in [5.41, 5.74) is 2.28. The fraction of sp³-hybridized carbons (Fsp3) is 0.231. The van der Waals surface area contributed by atoms with Gasteiger partial charge in [0.1, 0.15) is 5.83 Å². The minimum Gasteiger partial charge on any atom is -0.211 e. The molecule has 0 spiro atoms. The van der Waals surface area contributed by atoms with E-state index in [1.165, 1.54) is 5.56 Å².